The molecule has 0 amide bonds. The fourth-order valence-electron chi connectivity index (χ4n) is 1.43. The zero-order valence-corrected chi connectivity index (χ0v) is 12.6. The van der Waals surface area contributed by atoms with Crippen LogP contribution in [0.25, 0.3) is 0 Å². The highest BCUT2D eigenvalue weighted by Gasteiger charge is 2.11. The van der Waals surface area contributed by atoms with Gasteiger partial charge in [0.1, 0.15) is 5.75 Å². The first-order valence-electron chi connectivity index (χ1n) is 5.55. The molecule has 0 unspecified atom stereocenters. The monoisotopic (exact) mass is 343 g/mol. The van der Waals surface area contributed by atoms with Gasteiger partial charge in [0.05, 0.1) is 16.0 Å². The number of non-ortho nitro benzene ring substituents is 1. The maximum Gasteiger partial charge on any atom is 0.363 e. The molecular weight excluding hydrogens is 337 g/mol. The zero-order valence-electron chi connectivity index (χ0n) is 10.3. The number of hydrogen-bond donors (Lipinski definition) is 0. The number of rotatable bonds is 3. The van der Waals surface area contributed by atoms with Crippen molar-refractivity contribution in [1.82, 2.24) is 0 Å². The number of hydrogen-bond acceptors (Lipinski definition) is 5. The average molecular weight is 344 g/mol. The summed E-state index contributed by atoms with van der Waals surface area (Å²) in [5.74, 6) is 0.468. The molecule has 2 rings (SSSR count). The normalized spacial score (nSPS) is 10.0. The first-order chi connectivity index (χ1) is 9.95. The summed E-state index contributed by atoms with van der Waals surface area (Å²) in [6.45, 7) is 0. The van der Waals surface area contributed by atoms with Crippen LogP contribution in [0.15, 0.2) is 42.5 Å². The van der Waals surface area contributed by atoms with E-state index in [1.165, 1.54) is 36.4 Å². The van der Waals surface area contributed by atoms with Gasteiger partial charge in [-0.25, -0.2) is 0 Å². The second-order valence-electron chi connectivity index (χ2n) is 3.78. The average Bonchev–Trinajstić information content (AvgIpc) is 2.42. The van der Waals surface area contributed by atoms with E-state index in [0.717, 1.165) is 0 Å². The topological polar surface area (TPSA) is 61.6 Å². The summed E-state index contributed by atoms with van der Waals surface area (Å²) in [4.78, 5) is 10.1. The summed E-state index contributed by atoms with van der Waals surface area (Å²) in [5, 5.41) is 11.2. The Hall–Kier alpha value is -1.89. The smallest absolute Gasteiger partial charge is 0.363 e. The predicted octanol–water partition coefficient (Wildman–Crippen LogP) is 4.64. The van der Waals surface area contributed by atoms with Crippen molar-refractivity contribution in [1.29, 1.82) is 0 Å². The molecule has 0 saturated heterocycles. The van der Waals surface area contributed by atoms with Crippen LogP contribution in [0.4, 0.5) is 5.69 Å². The number of halogens is 2. The molecule has 0 aromatic heterocycles. The van der Waals surface area contributed by atoms with Crippen molar-refractivity contribution in [3.05, 3.63) is 62.6 Å². The quantitative estimate of drug-likeness (QED) is 0.461. The molecule has 21 heavy (non-hydrogen) atoms. The first-order valence-corrected chi connectivity index (χ1v) is 6.71. The van der Waals surface area contributed by atoms with Crippen molar-refractivity contribution in [2.24, 2.45) is 0 Å². The molecule has 0 radical (unpaired) electrons. The molecule has 0 bridgehead atoms. The minimum Gasteiger partial charge on any atom is -0.417 e. The first kappa shape index (κ1) is 15.5. The van der Waals surface area contributed by atoms with E-state index in [-0.39, 0.29) is 27.4 Å². The molecule has 2 aromatic carbocycles. The van der Waals surface area contributed by atoms with E-state index >= 15 is 0 Å². The van der Waals surface area contributed by atoms with Crippen LogP contribution in [0.5, 0.6) is 11.5 Å². The summed E-state index contributed by atoms with van der Waals surface area (Å²) in [6.07, 6.45) is 0. The Bertz CT molecular complexity index is 708. The minimum absolute atomic E-state index is 0.111. The number of thiocarbonyl (C=S) groups is 1. The van der Waals surface area contributed by atoms with Crippen molar-refractivity contribution in [3.63, 3.8) is 0 Å². The van der Waals surface area contributed by atoms with Crippen LogP contribution < -0.4 is 9.47 Å². The van der Waals surface area contributed by atoms with Crippen LogP contribution in [0.3, 0.4) is 0 Å². The van der Waals surface area contributed by atoms with Crippen LogP contribution in [0.1, 0.15) is 0 Å². The summed E-state index contributed by atoms with van der Waals surface area (Å²) in [5.41, 5.74) is -0.111. The molecule has 0 atom stereocenters. The summed E-state index contributed by atoms with van der Waals surface area (Å²) < 4.78 is 10.5. The van der Waals surface area contributed by atoms with E-state index < -0.39 is 4.92 Å². The lowest BCUT2D eigenvalue weighted by Gasteiger charge is -2.09. The van der Waals surface area contributed by atoms with Gasteiger partial charge in [-0.1, -0.05) is 29.3 Å². The lowest BCUT2D eigenvalue weighted by Crippen LogP contribution is -2.13. The number of ether oxygens (including phenoxy) is 2. The highest BCUT2D eigenvalue weighted by Crippen LogP contribution is 2.28. The molecule has 0 spiro atoms. The molecule has 5 nitrogen and oxygen atoms in total. The second kappa shape index (κ2) is 6.71. The van der Waals surface area contributed by atoms with Gasteiger partial charge in [-0.15, -0.1) is 0 Å². The Balaban J connectivity index is 2.08. The highest BCUT2D eigenvalue weighted by molar-refractivity contribution is 7.79. The molecule has 8 heteroatoms. The lowest BCUT2D eigenvalue weighted by molar-refractivity contribution is -0.384. The van der Waals surface area contributed by atoms with Crippen molar-refractivity contribution in [2.45, 2.75) is 0 Å². The zero-order chi connectivity index (χ0) is 15.4. The van der Waals surface area contributed by atoms with E-state index in [1.807, 2.05) is 0 Å². The molecule has 0 saturated carbocycles. The number of benzene rings is 2. The van der Waals surface area contributed by atoms with Gasteiger partial charge < -0.3 is 9.47 Å². The SMILES string of the molecule is O=[N+]([O-])c1cccc(OC(=S)Oc2ccc(Cl)cc2Cl)c1. The minimum atomic E-state index is -0.535. The van der Waals surface area contributed by atoms with Crippen LogP contribution in [0, 0.1) is 10.1 Å². The molecule has 0 aliphatic carbocycles. The van der Waals surface area contributed by atoms with Gasteiger partial charge in [0.15, 0.2) is 5.75 Å². The van der Waals surface area contributed by atoms with Gasteiger partial charge in [0.2, 0.25) is 0 Å². The Morgan fingerprint density at radius 3 is 2.57 bits per heavy atom. The molecule has 0 aliphatic rings. The Labute approximate surface area is 135 Å². The van der Waals surface area contributed by atoms with Gasteiger partial charge in [-0.3, -0.25) is 10.1 Å². The fourth-order valence-corrected chi connectivity index (χ4v) is 2.06. The third-order valence-corrected chi connectivity index (χ3v) is 3.01. The molecule has 108 valence electrons. The van der Waals surface area contributed by atoms with E-state index in [0.29, 0.717) is 5.02 Å². The maximum atomic E-state index is 10.7. The van der Waals surface area contributed by atoms with Crippen molar-refractivity contribution in [2.75, 3.05) is 0 Å². The Morgan fingerprint density at radius 1 is 1.14 bits per heavy atom. The van der Waals surface area contributed by atoms with Gasteiger partial charge in [0, 0.05) is 23.3 Å². The van der Waals surface area contributed by atoms with E-state index in [2.05, 4.69) is 0 Å². The molecular formula is C13H7Cl2NO4S. The number of nitro benzene ring substituents is 1. The van der Waals surface area contributed by atoms with Gasteiger partial charge in [-0.2, -0.15) is 0 Å². The Kier molecular flexibility index (Phi) is 4.95. The summed E-state index contributed by atoms with van der Waals surface area (Å²) >= 11 is 16.6. The molecule has 0 aliphatic heterocycles. The van der Waals surface area contributed by atoms with Crippen LogP contribution in [0.2, 0.25) is 10.0 Å². The van der Waals surface area contributed by atoms with Crippen molar-refractivity contribution >= 4 is 46.3 Å². The largest absolute Gasteiger partial charge is 0.417 e. The second-order valence-corrected chi connectivity index (χ2v) is 4.96. The number of nitrogens with zero attached hydrogens (tertiary/aromatic N) is 1. The van der Waals surface area contributed by atoms with Crippen molar-refractivity contribution in [3.8, 4) is 11.5 Å². The standard InChI is InChI=1S/C13H7Cl2NO4S/c14-8-4-5-12(11(15)6-8)20-13(21)19-10-3-1-2-9(7-10)16(17)18/h1-7H. The van der Waals surface area contributed by atoms with E-state index in [4.69, 9.17) is 44.9 Å². The third kappa shape index (κ3) is 4.29. The van der Waals surface area contributed by atoms with E-state index in [9.17, 15) is 10.1 Å². The van der Waals surface area contributed by atoms with Gasteiger partial charge in [0.25, 0.3) is 5.69 Å². The van der Waals surface area contributed by atoms with Crippen LogP contribution in [-0.2, 0) is 0 Å². The highest BCUT2D eigenvalue weighted by atomic mass is 35.5. The van der Waals surface area contributed by atoms with E-state index in [1.54, 1.807) is 6.07 Å². The molecule has 0 fully saturated rings. The maximum absolute atomic E-state index is 10.7. The molecule has 0 N–H and O–H groups in total. The molecule has 0 heterocycles. The summed E-state index contributed by atoms with van der Waals surface area (Å²) in [7, 11) is 0. The summed E-state index contributed by atoms with van der Waals surface area (Å²) in [6, 6.07) is 10.2. The van der Waals surface area contributed by atoms with Gasteiger partial charge in [-0.05, 0) is 24.3 Å². The lowest BCUT2D eigenvalue weighted by atomic mass is 10.3. The van der Waals surface area contributed by atoms with Crippen molar-refractivity contribution < 1.29 is 14.4 Å². The fraction of sp³-hybridized carbons (Fsp3) is 0. The number of nitro groups is 1. The predicted molar refractivity (Wildman–Crippen MR) is 83.4 cm³/mol. The Morgan fingerprint density at radius 2 is 1.90 bits per heavy atom. The van der Waals surface area contributed by atoms with Crippen LogP contribution in [-0.4, -0.2) is 10.2 Å². The third-order valence-electron chi connectivity index (χ3n) is 2.32. The van der Waals surface area contributed by atoms with Crippen LogP contribution >= 0.6 is 35.4 Å². The molecule has 2 aromatic rings. The van der Waals surface area contributed by atoms with Gasteiger partial charge >= 0.3 is 5.24 Å².